The number of rotatable bonds is 5. The van der Waals surface area contributed by atoms with E-state index in [1.165, 1.54) is 0 Å². The minimum absolute atomic E-state index is 0.0372. The summed E-state index contributed by atoms with van der Waals surface area (Å²) in [5.41, 5.74) is 4.05. The molecule has 33 heavy (non-hydrogen) atoms. The maximum Gasteiger partial charge on any atom is 0.227 e. The molecule has 4 aromatic rings. The number of hydrogen-bond donors (Lipinski definition) is 1. The number of benzene rings is 3. The number of carbonyl (C=O) groups is 1. The van der Waals surface area contributed by atoms with Gasteiger partial charge in [-0.05, 0) is 86.6 Å². The number of imidazole rings is 1. The van der Waals surface area contributed by atoms with Gasteiger partial charge in [-0.25, -0.2) is 4.98 Å². The first-order valence-corrected chi connectivity index (χ1v) is 12.7. The predicted octanol–water partition coefficient (Wildman–Crippen LogP) is 6.40. The number of fused-ring (bicyclic) bond motifs is 1. The van der Waals surface area contributed by atoms with Crippen molar-refractivity contribution in [2.45, 2.75) is 19.4 Å². The average Bonchev–Trinajstić information content (AvgIpc) is 3.19. The van der Waals surface area contributed by atoms with E-state index in [1.54, 1.807) is 0 Å². The Morgan fingerprint density at radius 2 is 1.55 bits per heavy atom. The first-order valence-electron chi connectivity index (χ1n) is 11.1. The first-order chi connectivity index (χ1) is 16.1. The fourth-order valence-corrected chi connectivity index (χ4v) is 4.92. The van der Waals surface area contributed by atoms with Gasteiger partial charge >= 0.3 is 0 Å². The summed E-state index contributed by atoms with van der Waals surface area (Å²) >= 11 is 6.96. The van der Waals surface area contributed by atoms with Crippen molar-refractivity contribution in [3.63, 3.8) is 0 Å². The van der Waals surface area contributed by atoms with Crippen LogP contribution in [-0.2, 0) is 11.3 Å². The van der Waals surface area contributed by atoms with Gasteiger partial charge in [0.25, 0.3) is 0 Å². The standard InChI is InChI=1S/C26H24Br2N4O/c27-19-5-9-21(10-6-19)29-26(33)18-13-15-31(16-14-18)17-25-30-23-3-1-2-4-24(23)32(25)22-11-7-20(28)8-12-22/h1-12,18H,13-17H2,(H,29,33). The molecule has 3 aromatic carbocycles. The van der Waals surface area contributed by atoms with Crippen molar-refractivity contribution < 1.29 is 4.79 Å². The number of para-hydroxylation sites is 2. The van der Waals surface area contributed by atoms with Gasteiger partial charge in [0.05, 0.1) is 17.6 Å². The lowest BCUT2D eigenvalue weighted by Crippen LogP contribution is -2.38. The monoisotopic (exact) mass is 566 g/mol. The van der Waals surface area contributed by atoms with Crippen LogP contribution in [0.3, 0.4) is 0 Å². The van der Waals surface area contributed by atoms with Gasteiger partial charge in [-0.1, -0.05) is 44.0 Å². The molecule has 1 aromatic heterocycles. The zero-order chi connectivity index (χ0) is 22.8. The zero-order valence-corrected chi connectivity index (χ0v) is 21.2. The lowest BCUT2D eigenvalue weighted by atomic mass is 9.96. The highest BCUT2D eigenvalue weighted by atomic mass is 79.9. The Hall–Kier alpha value is -2.48. The molecule has 5 rings (SSSR count). The second-order valence-electron chi connectivity index (χ2n) is 8.38. The van der Waals surface area contributed by atoms with Gasteiger partial charge in [-0.15, -0.1) is 0 Å². The highest BCUT2D eigenvalue weighted by Crippen LogP contribution is 2.26. The molecule has 1 N–H and O–H groups in total. The van der Waals surface area contributed by atoms with Crippen molar-refractivity contribution in [2.24, 2.45) is 5.92 Å². The van der Waals surface area contributed by atoms with Crippen LogP contribution in [0.15, 0.2) is 81.7 Å². The van der Waals surface area contributed by atoms with Crippen LogP contribution in [0.1, 0.15) is 18.7 Å². The third kappa shape index (κ3) is 5.05. The Balaban J connectivity index is 1.28. The fourth-order valence-electron chi connectivity index (χ4n) is 4.39. The van der Waals surface area contributed by atoms with Gasteiger partial charge in [-0.3, -0.25) is 14.3 Å². The van der Waals surface area contributed by atoms with Crippen molar-refractivity contribution >= 4 is 54.5 Å². The second-order valence-corrected chi connectivity index (χ2v) is 10.2. The van der Waals surface area contributed by atoms with Gasteiger partial charge < -0.3 is 5.32 Å². The van der Waals surface area contributed by atoms with Crippen LogP contribution in [0, 0.1) is 5.92 Å². The molecule has 0 aliphatic carbocycles. The van der Waals surface area contributed by atoms with Crippen LogP contribution in [0.4, 0.5) is 5.69 Å². The van der Waals surface area contributed by atoms with E-state index < -0.39 is 0 Å². The fraction of sp³-hybridized carbons (Fsp3) is 0.231. The van der Waals surface area contributed by atoms with Crippen molar-refractivity contribution in [1.82, 2.24) is 14.5 Å². The predicted molar refractivity (Wildman–Crippen MR) is 140 cm³/mol. The van der Waals surface area contributed by atoms with Crippen molar-refractivity contribution in [1.29, 1.82) is 0 Å². The van der Waals surface area contributed by atoms with E-state index in [0.717, 1.165) is 69.7 Å². The molecule has 5 nitrogen and oxygen atoms in total. The number of halogens is 2. The normalized spacial score (nSPS) is 15.1. The van der Waals surface area contributed by atoms with Crippen LogP contribution in [0.2, 0.25) is 0 Å². The molecule has 0 saturated carbocycles. The molecule has 1 aliphatic heterocycles. The van der Waals surface area contributed by atoms with Crippen molar-refractivity contribution in [2.75, 3.05) is 18.4 Å². The van der Waals surface area contributed by atoms with E-state index >= 15 is 0 Å². The number of piperidine rings is 1. The van der Waals surface area contributed by atoms with E-state index in [0.29, 0.717) is 0 Å². The van der Waals surface area contributed by atoms with Crippen LogP contribution < -0.4 is 5.32 Å². The highest BCUT2D eigenvalue weighted by molar-refractivity contribution is 9.10. The Morgan fingerprint density at radius 1 is 0.909 bits per heavy atom. The summed E-state index contributed by atoms with van der Waals surface area (Å²) in [5, 5.41) is 3.06. The van der Waals surface area contributed by atoms with Crippen molar-refractivity contribution in [3.05, 3.63) is 87.6 Å². The van der Waals surface area contributed by atoms with Gasteiger partial charge in [0.1, 0.15) is 5.82 Å². The number of carbonyl (C=O) groups excluding carboxylic acids is 1. The van der Waals surface area contributed by atoms with Crippen LogP contribution in [0.25, 0.3) is 16.7 Å². The number of amides is 1. The summed E-state index contributed by atoms with van der Waals surface area (Å²) in [6.07, 6.45) is 1.70. The van der Waals surface area contributed by atoms with Crippen LogP contribution in [-0.4, -0.2) is 33.4 Å². The number of nitrogens with one attached hydrogen (secondary N) is 1. The first kappa shape index (κ1) is 22.3. The Morgan fingerprint density at radius 3 is 2.24 bits per heavy atom. The average molecular weight is 568 g/mol. The summed E-state index contributed by atoms with van der Waals surface area (Å²) in [4.78, 5) is 20.1. The Labute approximate surface area is 210 Å². The molecular weight excluding hydrogens is 544 g/mol. The van der Waals surface area contributed by atoms with Gasteiger partial charge in [0, 0.05) is 26.2 Å². The molecule has 2 heterocycles. The zero-order valence-electron chi connectivity index (χ0n) is 18.0. The molecule has 0 unspecified atom stereocenters. The van der Waals surface area contributed by atoms with Gasteiger partial charge in [0.15, 0.2) is 0 Å². The molecule has 1 amide bonds. The summed E-state index contributed by atoms with van der Waals surface area (Å²) < 4.78 is 4.30. The SMILES string of the molecule is O=C(Nc1ccc(Br)cc1)C1CCN(Cc2nc3ccccc3n2-c2ccc(Br)cc2)CC1. The summed E-state index contributed by atoms with van der Waals surface area (Å²) in [7, 11) is 0. The molecular formula is C26H24Br2N4O. The van der Waals surface area contributed by atoms with E-state index in [9.17, 15) is 4.79 Å². The van der Waals surface area contributed by atoms with E-state index in [2.05, 4.69) is 89.1 Å². The minimum Gasteiger partial charge on any atom is -0.326 e. The summed E-state index contributed by atoms with van der Waals surface area (Å²) in [6.45, 7) is 2.51. The lowest BCUT2D eigenvalue weighted by Gasteiger charge is -2.31. The Kier molecular flexibility index (Phi) is 6.62. The van der Waals surface area contributed by atoms with E-state index in [-0.39, 0.29) is 11.8 Å². The highest BCUT2D eigenvalue weighted by Gasteiger charge is 2.26. The number of hydrogen-bond acceptors (Lipinski definition) is 3. The van der Waals surface area contributed by atoms with Gasteiger partial charge in [-0.2, -0.15) is 0 Å². The molecule has 0 bridgehead atoms. The molecule has 1 saturated heterocycles. The molecule has 7 heteroatoms. The number of likely N-dealkylation sites (tertiary alicyclic amines) is 1. The van der Waals surface area contributed by atoms with Crippen molar-refractivity contribution in [3.8, 4) is 5.69 Å². The molecule has 1 aliphatic rings. The third-order valence-electron chi connectivity index (χ3n) is 6.15. The number of anilines is 1. The lowest BCUT2D eigenvalue weighted by molar-refractivity contribution is -0.121. The molecule has 168 valence electrons. The molecule has 0 radical (unpaired) electrons. The van der Waals surface area contributed by atoms with E-state index in [1.807, 2.05) is 30.3 Å². The second kappa shape index (κ2) is 9.79. The van der Waals surface area contributed by atoms with Crippen LogP contribution in [0.5, 0.6) is 0 Å². The molecule has 0 atom stereocenters. The van der Waals surface area contributed by atoms with Crippen LogP contribution >= 0.6 is 31.9 Å². The molecule has 1 fully saturated rings. The van der Waals surface area contributed by atoms with E-state index in [4.69, 9.17) is 4.98 Å². The quantitative estimate of drug-likeness (QED) is 0.303. The smallest absolute Gasteiger partial charge is 0.227 e. The minimum atomic E-state index is 0.0372. The summed E-state index contributed by atoms with van der Waals surface area (Å²) in [5.74, 6) is 1.17. The topological polar surface area (TPSA) is 50.2 Å². The third-order valence-corrected chi connectivity index (χ3v) is 7.21. The largest absolute Gasteiger partial charge is 0.326 e. The molecule has 0 spiro atoms. The van der Waals surface area contributed by atoms with Gasteiger partial charge in [0.2, 0.25) is 5.91 Å². The number of nitrogens with zero attached hydrogens (tertiary/aromatic N) is 3. The maximum atomic E-state index is 12.7. The Bertz CT molecular complexity index is 1260. The maximum absolute atomic E-state index is 12.7. The number of aromatic nitrogens is 2. The summed E-state index contributed by atoms with van der Waals surface area (Å²) in [6, 6.07) is 24.3.